The van der Waals surface area contributed by atoms with E-state index in [1.165, 1.54) is 6.08 Å². The molecule has 2 rings (SSSR count). The fourth-order valence-electron chi connectivity index (χ4n) is 2.37. The van der Waals surface area contributed by atoms with E-state index >= 15 is 0 Å². The molecule has 0 spiro atoms. The molecule has 2 aromatic rings. The monoisotopic (exact) mass is 436 g/mol. The number of ether oxygens (including phenoxy) is 1. The number of hydrogen-bond donors (Lipinski definition) is 1. The smallest absolute Gasteiger partial charge is 0.138 e. The van der Waals surface area contributed by atoms with Gasteiger partial charge < -0.3 is 9.84 Å². The van der Waals surface area contributed by atoms with E-state index in [1.54, 1.807) is 6.08 Å². The molecule has 2 nitrogen and oxygen atoms in total. The highest BCUT2D eigenvalue weighted by atomic mass is 79.9. The molecule has 0 bridgehead atoms. The van der Waals surface area contributed by atoms with E-state index in [0.717, 1.165) is 14.5 Å². The third-order valence-electron chi connectivity index (χ3n) is 3.57. The quantitative estimate of drug-likeness (QED) is 0.577. The highest BCUT2D eigenvalue weighted by Gasteiger charge is 2.37. The number of benzene rings is 2. The number of aliphatic hydroxyl groups is 1. The molecule has 0 aliphatic rings. The summed E-state index contributed by atoms with van der Waals surface area (Å²) in [6.45, 7) is 7.84. The molecule has 0 aliphatic heterocycles. The van der Waals surface area contributed by atoms with Gasteiger partial charge in [-0.3, -0.25) is 0 Å². The molecular weight excluding hydrogens is 420 g/mol. The molecule has 1 N–H and O–H groups in total. The van der Waals surface area contributed by atoms with Crippen LogP contribution < -0.4 is 0 Å². The van der Waals surface area contributed by atoms with Crippen molar-refractivity contribution in [1.82, 2.24) is 0 Å². The third kappa shape index (κ3) is 4.21. The standard InChI is InChI=1S/C19H18Br2O2/c1-3-13-23-18(14-5-9-16(20)10-6-14)19(22,4-2)15-7-11-17(21)12-8-15/h3-12,18,22H,1-2,13H2/t18-,19+/m1/s1. The molecule has 120 valence electrons. The molecule has 0 saturated carbocycles. The summed E-state index contributed by atoms with van der Waals surface area (Å²) < 4.78 is 7.80. The average Bonchev–Trinajstić information content (AvgIpc) is 2.57. The summed E-state index contributed by atoms with van der Waals surface area (Å²) in [6.07, 6.45) is 2.59. The van der Waals surface area contributed by atoms with Gasteiger partial charge in [0.15, 0.2) is 0 Å². The van der Waals surface area contributed by atoms with E-state index in [-0.39, 0.29) is 0 Å². The number of hydrogen-bond acceptors (Lipinski definition) is 2. The van der Waals surface area contributed by atoms with Crippen LogP contribution in [0.3, 0.4) is 0 Å². The second kappa shape index (κ2) is 8.06. The largest absolute Gasteiger partial charge is 0.378 e. The van der Waals surface area contributed by atoms with Gasteiger partial charge in [-0.05, 0) is 35.4 Å². The van der Waals surface area contributed by atoms with Crippen molar-refractivity contribution in [2.75, 3.05) is 6.61 Å². The fraction of sp³-hybridized carbons (Fsp3) is 0.158. The Bertz CT molecular complexity index is 665. The van der Waals surface area contributed by atoms with Gasteiger partial charge in [0.05, 0.1) is 6.61 Å². The fourth-order valence-corrected chi connectivity index (χ4v) is 2.90. The van der Waals surface area contributed by atoms with Crippen LogP contribution in [0.2, 0.25) is 0 Å². The maximum absolute atomic E-state index is 11.3. The lowest BCUT2D eigenvalue weighted by atomic mass is 9.84. The average molecular weight is 438 g/mol. The summed E-state index contributed by atoms with van der Waals surface area (Å²) in [6, 6.07) is 15.2. The third-order valence-corrected chi connectivity index (χ3v) is 4.63. The van der Waals surface area contributed by atoms with Crippen LogP contribution in [-0.2, 0) is 10.3 Å². The molecule has 2 aromatic carbocycles. The van der Waals surface area contributed by atoms with Crippen molar-refractivity contribution in [2.45, 2.75) is 11.7 Å². The summed E-state index contributed by atoms with van der Waals surface area (Å²) in [4.78, 5) is 0. The molecule has 0 saturated heterocycles. The SMILES string of the molecule is C=CCO[C@H](c1ccc(Br)cc1)[C@](O)(C=C)c1ccc(Br)cc1. The van der Waals surface area contributed by atoms with Crippen molar-refractivity contribution in [3.63, 3.8) is 0 Å². The highest BCUT2D eigenvalue weighted by molar-refractivity contribution is 9.10. The molecule has 23 heavy (non-hydrogen) atoms. The lowest BCUT2D eigenvalue weighted by molar-refractivity contribution is -0.0803. The zero-order valence-electron chi connectivity index (χ0n) is 12.6. The van der Waals surface area contributed by atoms with Crippen molar-refractivity contribution < 1.29 is 9.84 Å². The van der Waals surface area contributed by atoms with Gasteiger partial charge in [-0.1, -0.05) is 74.9 Å². The van der Waals surface area contributed by atoms with Crippen LogP contribution in [0, 0.1) is 0 Å². The van der Waals surface area contributed by atoms with E-state index in [9.17, 15) is 5.11 Å². The molecule has 0 heterocycles. The molecule has 0 fully saturated rings. The Morgan fingerprint density at radius 1 is 1.00 bits per heavy atom. The molecule has 0 amide bonds. The van der Waals surface area contributed by atoms with Crippen LogP contribution in [0.4, 0.5) is 0 Å². The predicted octanol–water partition coefficient (Wildman–Crippen LogP) is 5.53. The first-order valence-electron chi connectivity index (χ1n) is 7.11. The molecule has 4 heteroatoms. The molecule has 2 atom stereocenters. The van der Waals surface area contributed by atoms with Crippen LogP contribution in [0.25, 0.3) is 0 Å². The van der Waals surface area contributed by atoms with Crippen molar-refractivity contribution in [3.05, 3.63) is 93.9 Å². The Morgan fingerprint density at radius 2 is 1.52 bits per heavy atom. The minimum absolute atomic E-state index is 0.327. The maximum atomic E-state index is 11.3. The summed E-state index contributed by atoms with van der Waals surface area (Å²) >= 11 is 6.83. The van der Waals surface area contributed by atoms with Crippen LogP contribution in [-0.4, -0.2) is 11.7 Å². The highest BCUT2D eigenvalue weighted by Crippen LogP contribution is 2.39. The van der Waals surface area contributed by atoms with Crippen LogP contribution >= 0.6 is 31.9 Å². The topological polar surface area (TPSA) is 29.5 Å². The predicted molar refractivity (Wildman–Crippen MR) is 101 cm³/mol. The summed E-state index contributed by atoms with van der Waals surface area (Å²) in [5.41, 5.74) is 0.227. The van der Waals surface area contributed by atoms with E-state index in [1.807, 2.05) is 48.5 Å². The minimum Gasteiger partial charge on any atom is -0.378 e. The summed E-state index contributed by atoms with van der Waals surface area (Å²) in [5.74, 6) is 0. The number of rotatable bonds is 7. The van der Waals surface area contributed by atoms with Crippen molar-refractivity contribution in [2.24, 2.45) is 0 Å². The van der Waals surface area contributed by atoms with Gasteiger partial charge in [0.25, 0.3) is 0 Å². The molecule has 0 radical (unpaired) electrons. The van der Waals surface area contributed by atoms with E-state index in [0.29, 0.717) is 12.2 Å². The lowest BCUT2D eigenvalue weighted by Gasteiger charge is -2.34. The first-order valence-corrected chi connectivity index (χ1v) is 8.70. The molecular formula is C19H18Br2O2. The zero-order chi connectivity index (χ0) is 16.9. The van der Waals surface area contributed by atoms with Gasteiger partial charge in [-0.25, -0.2) is 0 Å². The Balaban J connectivity index is 2.49. The summed E-state index contributed by atoms with van der Waals surface area (Å²) in [7, 11) is 0. The van der Waals surface area contributed by atoms with Gasteiger partial charge in [-0.2, -0.15) is 0 Å². The first kappa shape index (κ1) is 18.1. The van der Waals surface area contributed by atoms with Gasteiger partial charge in [0.1, 0.15) is 11.7 Å². The minimum atomic E-state index is -1.35. The first-order chi connectivity index (χ1) is 11.0. The van der Waals surface area contributed by atoms with E-state index in [2.05, 4.69) is 45.0 Å². The Labute approximate surface area is 153 Å². The lowest BCUT2D eigenvalue weighted by Crippen LogP contribution is -2.33. The van der Waals surface area contributed by atoms with Gasteiger partial charge >= 0.3 is 0 Å². The van der Waals surface area contributed by atoms with Crippen molar-refractivity contribution >= 4 is 31.9 Å². The number of halogens is 2. The Hall–Kier alpha value is -1.20. The maximum Gasteiger partial charge on any atom is 0.138 e. The Morgan fingerprint density at radius 3 is 2.00 bits per heavy atom. The van der Waals surface area contributed by atoms with Gasteiger partial charge in [-0.15, -0.1) is 6.58 Å². The molecule has 0 aliphatic carbocycles. The van der Waals surface area contributed by atoms with E-state index < -0.39 is 11.7 Å². The van der Waals surface area contributed by atoms with Gasteiger partial charge in [0, 0.05) is 8.95 Å². The van der Waals surface area contributed by atoms with Crippen molar-refractivity contribution in [3.8, 4) is 0 Å². The van der Waals surface area contributed by atoms with E-state index in [4.69, 9.17) is 4.74 Å². The normalized spacial score (nSPS) is 14.7. The van der Waals surface area contributed by atoms with Crippen LogP contribution in [0.5, 0.6) is 0 Å². The van der Waals surface area contributed by atoms with Gasteiger partial charge in [0.2, 0.25) is 0 Å². The van der Waals surface area contributed by atoms with Crippen LogP contribution in [0.1, 0.15) is 17.2 Å². The molecule has 0 aromatic heterocycles. The second-order valence-corrected chi connectivity index (χ2v) is 6.92. The summed E-state index contributed by atoms with van der Waals surface area (Å²) in [5, 5.41) is 11.3. The van der Waals surface area contributed by atoms with Crippen LogP contribution in [0.15, 0.2) is 82.8 Å². The zero-order valence-corrected chi connectivity index (χ0v) is 15.8. The van der Waals surface area contributed by atoms with Crippen molar-refractivity contribution in [1.29, 1.82) is 0 Å². The second-order valence-electron chi connectivity index (χ2n) is 5.09. The molecule has 0 unspecified atom stereocenters. The Kier molecular flexibility index (Phi) is 6.36.